The minimum absolute atomic E-state index is 0.254. The Hall–Kier alpha value is -1.97. The highest BCUT2D eigenvalue weighted by atomic mass is 15.0. The molecule has 0 aliphatic heterocycles. The first-order chi connectivity index (χ1) is 11.0. The smallest absolute Gasteiger partial charge is 0.133 e. The first kappa shape index (κ1) is 15.9. The van der Waals surface area contributed by atoms with Gasteiger partial charge in [0.05, 0.1) is 0 Å². The van der Waals surface area contributed by atoms with E-state index in [0.717, 1.165) is 23.9 Å². The van der Waals surface area contributed by atoms with Crippen molar-refractivity contribution in [2.45, 2.75) is 57.8 Å². The van der Waals surface area contributed by atoms with Crippen LogP contribution in [0.4, 0.5) is 5.82 Å². The summed E-state index contributed by atoms with van der Waals surface area (Å²) in [6, 6.07) is 6.36. The lowest BCUT2D eigenvalue weighted by Crippen LogP contribution is -2.21. The van der Waals surface area contributed by atoms with E-state index in [4.69, 9.17) is 9.97 Å². The molecule has 1 aliphatic carbocycles. The molecule has 2 aromatic rings. The molecule has 0 radical (unpaired) electrons. The summed E-state index contributed by atoms with van der Waals surface area (Å²) in [5, 5.41) is 3.56. The van der Waals surface area contributed by atoms with E-state index in [2.05, 4.69) is 56.2 Å². The molecule has 3 rings (SSSR count). The van der Waals surface area contributed by atoms with Crippen LogP contribution in [0, 0.1) is 0 Å². The molecule has 0 spiro atoms. The number of pyridine rings is 1. The Morgan fingerprint density at radius 2 is 1.74 bits per heavy atom. The van der Waals surface area contributed by atoms with Crippen molar-refractivity contribution in [3.8, 4) is 0 Å². The summed E-state index contributed by atoms with van der Waals surface area (Å²) >= 11 is 0. The molecule has 2 aromatic heterocycles. The van der Waals surface area contributed by atoms with Crippen LogP contribution in [0.3, 0.4) is 0 Å². The molecule has 0 unspecified atom stereocenters. The van der Waals surface area contributed by atoms with Crippen molar-refractivity contribution >= 4 is 5.82 Å². The van der Waals surface area contributed by atoms with Crippen LogP contribution in [0.2, 0.25) is 0 Å². The minimum atomic E-state index is 0.254. The van der Waals surface area contributed by atoms with Crippen LogP contribution in [-0.2, 0) is 5.41 Å². The van der Waals surface area contributed by atoms with E-state index in [1.54, 1.807) is 0 Å². The van der Waals surface area contributed by atoms with Gasteiger partial charge in [-0.25, -0.2) is 9.97 Å². The van der Waals surface area contributed by atoms with E-state index in [9.17, 15) is 0 Å². The molecule has 4 heteroatoms. The van der Waals surface area contributed by atoms with Crippen LogP contribution < -0.4 is 5.32 Å². The third kappa shape index (κ3) is 3.52. The van der Waals surface area contributed by atoms with Crippen molar-refractivity contribution in [2.24, 2.45) is 0 Å². The fraction of sp³-hybridized carbons (Fsp3) is 0.526. The molecule has 0 aromatic carbocycles. The molecule has 2 heterocycles. The number of anilines is 1. The Morgan fingerprint density at radius 1 is 1.04 bits per heavy atom. The van der Waals surface area contributed by atoms with E-state index in [1.807, 2.05) is 12.4 Å². The maximum atomic E-state index is 4.71. The van der Waals surface area contributed by atoms with E-state index >= 15 is 0 Å². The molecule has 23 heavy (non-hydrogen) atoms. The van der Waals surface area contributed by atoms with Gasteiger partial charge in [0.1, 0.15) is 11.6 Å². The van der Waals surface area contributed by atoms with Crippen LogP contribution in [0.25, 0.3) is 0 Å². The zero-order chi connectivity index (χ0) is 16.4. The van der Waals surface area contributed by atoms with Crippen molar-refractivity contribution in [2.75, 3.05) is 11.9 Å². The molecular formula is C19H26N4. The molecule has 0 amide bonds. The lowest BCUT2D eigenvalue weighted by molar-refractivity contribution is 0.710. The number of aromatic nitrogens is 3. The zero-order valence-electron chi connectivity index (χ0n) is 14.5. The minimum Gasteiger partial charge on any atom is -0.369 e. The molecule has 1 aliphatic rings. The molecule has 0 bridgehead atoms. The largest absolute Gasteiger partial charge is 0.369 e. The number of hydrogen-bond acceptors (Lipinski definition) is 4. The highest BCUT2D eigenvalue weighted by molar-refractivity contribution is 5.41. The second-order valence-electron chi connectivity index (χ2n) is 7.22. The first-order valence-corrected chi connectivity index (χ1v) is 8.53. The number of rotatable bonds is 6. The Morgan fingerprint density at radius 3 is 2.30 bits per heavy atom. The topological polar surface area (TPSA) is 50.7 Å². The molecule has 1 saturated carbocycles. The monoisotopic (exact) mass is 310 g/mol. The SMILES string of the molecule is CC(C)c1cc(NCC2(c3ccncc3)CC2)nc(C(C)C)n1. The van der Waals surface area contributed by atoms with Crippen LogP contribution >= 0.6 is 0 Å². The molecular weight excluding hydrogens is 284 g/mol. The maximum Gasteiger partial charge on any atom is 0.133 e. The fourth-order valence-corrected chi connectivity index (χ4v) is 2.81. The Balaban J connectivity index is 1.78. The summed E-state index contributed by atoms with van der Waals surface area (Å²) in [7, 11) is 0. The van der Waals surface area contributed by atoms with Gasteiger partial charge in [-0.1, -0.05) is 27.7 Å². The molecule has 1 fully saturated rings. The molecule has 4 nitrogen and oxygen atoms in total. The van der Waals surface area contributed by atoms with Gasteiger partial charge in [-0.15, -0.1) is 0 Å². The van der Waals surface area contributed by atoms with Gasteiger partial charge in [-0.05, 0) is 36.5 Å². The average molecular weight is 310 g/mol. The fourth-order valence-electron chi connectivity index (χ4n) is 2.81. The van der Waals surface area contributed by atoms with Gasteiger partial charge in [-0.2, -0.15) is 0 Å². The van der Waals surface area contributed by atoms with Gasteiger partial charge in [0.25, 0.3) is 0 Å². The predicted molar refractivity (Wildman–Crippen MR) is 93.8 cm³/mol. The van der Waals surface area contributed by atoms with Gasteiger partial charge < -0.3 is 5.32 Å². The number of nitrogens with one attached hydrogen (secondary N) is 1. The lowest BCUT2D eigenvalue weighted by atomic mass is 9.97. The summed E-state index contributed by atoms with van der Waals surface area (Å²) in [5.41, 5.74) is 2.74. The highest BCUT2D eigenvalue weighted by Crippen LogP contribution is 2.47. The zero-order valence-corrected chi connectivity index (χ0v) is 14.5. The Bertz CT molecular complexity index is 634. The van der Waals surface area contributed by atoms with Crippen molar-refractivity contribution < 1.29 is 0 Å². The molecule has 0 atom stereocenters. The van der Waals surface area contributed by atoms with Crippen molar-refractivity contribution in [1.29, 1.82) is 0 Å². The Labute approximate surface area is 138 Å². The van der Waals surface area contributed by atoms with E-state index in [0.29, 0.717) is 11.8 Å². The van der Waals surface area contributed by atoms with Crippen molar-refractivity contribution in [3.63, 3.8) is 0 Å². The molecule has 122 valence electrons. The lowest BCUT2D eigenvalue weighted by Gasteiger charge is -2.18. The van der Waals surface area contributed by atoms with E-state index in [-0.39, 0.29) is 5.41 Å². The van der Waals surface area contributed by atoms with Crippen molar-refractivity contribution in [1.82, 2.24) is 15.0 Å². The summed E-state index contributed by atoms with van der Waals surface area (Å²) in [6.45, 7) is 9.55. The maximum absolute atomic E-state index is 4.71. The Kier molecular flexibility index (Phi) is 4.33. The quantitative estimate of drug-likeness (QED) is 0.866. The van der Waals surface area contributed by atoms with Gasteiger partial charge >= 0.3 is 0 Å². The molecule has 0 saturated heterocycles. The van der Waals surface area contributed by atoms with Crippen LogP contribution in [0.15, 0.2) is 30.6 Å². The second-order valence-corrected chi connectivity index (χ2v) is 7.22. The highest BCUT2D eigenvalue weighted by Gasteiger charge is 2.44. The first-order valence-electron chi connectivity index (χ1n) is 8.53. The van der Waals surface area contributed by atoms with Crippen molar-refractivity contribution in [3.05, 3.63) is 47.7 Å². The second kappa shape index (κ2) is 6.26. The average Bonchev–Trinajstić information content (AvgIpc) is 3.34. The van der Waals surface area contributed by atoms with Gasteiger partial charge in [0, 0.05) is 42.0 Å². The van der Waals surface area contributed by atoms with Crippen LogP contribution in [0.5, 0.6) is 0 Å². The predicted octanol–water partition coefficient (Wildman–Crippen LogP) is 4.26. The standard InChI is InChI=1S/C19H26N4/c1-13(2)16-11-17(23-18(22-16)14(3)4)21-12-19(7-8-19)15-5-9-20-10-6-15/h5-6,9-11,13-14H,7-8,12H2,1-4H3,(H,21,22,23). The third-order valence-electron chi connectivity index (χ3n) is 4.63. The van der Waals surface area contributed by atoms with Gasteiger partial charge in [0.15, 0.2) is 0 Å². The van der Waals surface area contributed by atoms with E-state index < -0.39 is 0 Å². The molecule has 1 N–H and O–H groups in total. The van der Waals surface area contributed by atoms with Gasteiger partial charge in [0.2, 0.25) is 0 Å². The normalized spacial score (nSPS) is 15.9. The summed E-state index contributed by atoms with van der Waals surface area (Å²) in [4.78, 5) is 13.5. The van der Waals surface area contributed by atoms with Gasteiger partial charge in [-0.3, -0.25) is 4.98 Å². The number of hydrogen-bond donors (Lipinski definition) is 1. The summed E-state index contributed by atoms with van der Waals surface area (Å²) in [5.74, 6) is 2.62. The third-order valence-corrected chi connectivity index (χ3v) is 4.63. The number of nitrogens with zero attached hydrogens (tertiary/aromatic N) is 3. The summed E-state index contributed by atoms with van der Waals surface area (Å²) in [6.07, 6.45) is 6.22. The van der Waals surface area contributed by atoms with Crippen LogP contribution in [-0.4, -0.2) is 21.5 Å². The van der Waals surface area contributed by atoms with Crippen LogP contribution in [0.1, 0.15) is 69.5 Å². The van der Waals surface area contributed by atoms with E-state index in [1.165, 1.54) is 18.4 Å². The summed E-state index contributed by atoms with van der Waals surface area (Å²) < 4.78 is 0.